The van der Waals surface area contributed by atoms with Crippen molar-refractivity contribution in [3.63, 3.8) is 0 Å². The van der Waals surface area contributed by atoms with Crippen LogP contribution in [0.3, 0.4) is 0 Å². The van der Waals surface area contributed by atoms with Crippen molar-refractivity contribution >= 4 is 11.6 Å². The Labute approximate surface area is 138 Å². The molecule has 0 spiro atoms. The molecular weight excluding hydrogens is 284 g/mol. The van der Waals surface area contributed by atoms with Crippen molar-refractivity contribution in [2.45, 2.75) is 52.0 Å². The highest BCUT2D eigenvalue weighted by molar-refractivity contribution is 6.07. The predicted octanol–water partition coefficient (Wildman–Crippen LogP) is 3.57. The fraction of sp³-hybridized carbons (Fsp3) is 0.600. The molecule has 23 heavy (non-hydrogen) atoms. The second kappa shape index (κ2) is 5.77. The van der Waals surface area contributed by atoms with Crippen LogP contribution in [0.4, 0.5) is 0 Å². The summed E-state index contributed by atoms with van der Waals surface area (Å²) >= 11 is 0. The fourth-order valence-corrected chi connectivity index (χ4v) is 4.51. The van der Waals surface area contributed by atoms with E-state index in [4.69, 9.17) is 4.99 Å². The summed E-state index contributed by atoms with van der Waals surface area (Å²) in [6.45, 7) is 6.32. The largest absolute Gasteiger partial charge is 0.334 e. The van der Waals surface area contributed by atoms with E-state index in [-0.39, 0.29) is 12.0 Å². The van der Waals surface area contributed by atoms with Gasteiger partial charge in [0.2, 0.25) is 5.91 Å². The lowest BCUT2D eigenvalue weighted by atomic mass is 9.79. The van der Waals surface area contributed by atoms with Crippen molar-refractivity contribution in [1.82, 2.24) is 4.90 Å². The van der Waals surface area contributed by atoms with Gasteiger partial charge in [-0.25, -0.2) is 0 Å². The van der Waals surface area contributed by atoms with E-state index in [1.807, 2.05) is 0 Å². The van der Waals surface area contributed by atoms with Crippen molar-refractivity contribution < 1.29 is 4.79 Å². The van der Waals surface area contributed by atoms with Crippen LogP contribution in [-0.2, 0) is 17.6 Å². The predicted molar refractivity (Wildman–Crippen MR) is 92.8 cm³/mol. The minimum atomic E-state index is 0.0850. The van der Waals surface area contributed by atoms with Crippen LogP contribution in [0.1, 0.15) is 55.8 Å². The first kappa shape index (κ1) is 14.9. The lowest BCUT2D eigenvalue weighted by Gasteiger charge is -2.45. The van der Waals surface area contributed by atoms with Gasteiger partial charge in [0.1, 0.15) is 0 Å². The molecule has 2 atom stereocenters. The highest BCUT2D eigenvalue weighted by atomic mass is 16.2. The third kappa shape index (κ3) is 2.60. The van der Waals surface area contributed by atoms with E-state index >= 15 is 0 Å². The summed E-state index contributed by atoms with van der Waals surface area (Å²) in [6.07, 6.45) is 5.15. The molecular formula is C20H26N2O. The van der Waals surface area contributed by atoms with Gasteiger partial charge in [-0.3, -0.25) is 9.79 Å². The van der Waals surface area contributed by atoms with E-state index in [2.05, 4.69) is 36.9 Å². The lowest BCUT2D eigenvalue weighted by molar-refractivity contribution is -0.138. The summed E-state index contributed by atoms with van der Waals surface area (Å²) in [5.41, 5.74) is 5.42. The summed E-state index contributed by atoms with van der Waals surface area (Å²) in [4.78, 5) is 19.7. The smallest absolute Gasteiger partial charge is 0.231 e. The second-order valence-corrected chi connectivity index (χ2v) is 7.70. The molecule has 3 nitrogen and oxygen atoms in total. The van der Waals surface area contributed by atoms with Crippen molar-refractivity contribution in [2.75, 3.05) is 13.1 Å². The minimum absolute atomic E-state index is 0.0850. The maximum Gasteiger partial charge on any atom is 0.231 e. The van der Waals surface area contributed by atoms with Gasteiger partial charge in [-0.05, 0) is 48.3 Å². The Morgan fingerprint density at radius 2 is 2.22 bits per heavy atom. The Hall–Kier alpha value is -1.64. The van der Waals surface area contributed by atoms with E-state index in [1.54, 1.807) is 0 Å². The van der Waals surface area contributed by atoms with Gasteiger partial charge in [0.25, 0.3) is 0 Å². The number of benzene rings is 1. The molecule has 3 heteroatoms. The number of hydrogen-bond acceptors (Lipinski definition) is 2. The van der Waals surface area contributed by atoms with E-state index in [1.165, 1.54) is 22.4 Å². The highest BCUT2D eigenvalue weighted by Crippen LogP contribution is 2.40. The molecule has 0 aromatic heterocycles. The Morgan fingerprint density at radius 1 is 1.35 bits per heavy atom. The molecule has 1 aromatic carbocycles. The Kier molecular flexibility index (Phi) is 3.74. The van der Waals surface area contributed by atoms with Crippen LogP contribution in [0.15, 0.2) is 23.2 Å². The number of piperidine rings is 1. The fourth-order valence-electron chi connectivity index (χ4n) is 4.51. The summed E-state index contributed by atoms with van der Waals surface area (Å²) in [5, 5.41) is 0. The van der Waals surface area contributed by atoms with Crippen molar-refractivity contribution in [1.29, 1.82) is 0 Å². The number of fused-ring (bicyclic) bond motifs is 4. The first-order valence-corrected chi connectivity index (χ1v) is 9.09. The van der Waals surface area contributed by atoms with Gasteiger partial charge in [-0.2, -0.15) is 0 Å². The van der Waals surface area contributed by atoms with Crippen LogP contribution < -0.4 is 0 Å². The van der Waals surface area contributed by atoms with Crippen LogP contribution in [0, 0.1) is 11.8 Å². The number of nitrogens with zero attached hydrogens (tertiary/aromatic N) is 2. The molecule has 1 amide bonds. The molecule has 2 unspecified atom stereocenters. The number of carbonyl (C=O) groups excluding carboxylic acids is 1. The normalized spacial score (nSPS) is 26.5. The van der Waals surface area contributed by atoms with Gasteiger partial charge in [-0.15, -0.1) is 0 Å². The molecule has 3 heterocycles. The standard InChI is InChI=1S/C20H26N2O/c1-13(2)10-14-5-6-16-15(11-14)7-9-22-19(16)12-18-17(20(22)23)4-3-8-21-18/h5-6,11,13,17,19H,3-4,7-10,12H2,1-2H3. The summed E-state index contributed by atoms with van der Waals surface area (Å²) in [7, 11) is 0. The molecule has 1 saturated heterocycles. The van der Waals surface area contributed by atoms with Crippen molar-refractivity contribution in [2.24, 2.45) is 16.8 Å². The van der Waals surface area contributed by atoms with Gasteiger partial charge >= 0.3 is 0 Å². The molecule has 0 bridgehead atoms. The summed E-state index contributed by atoms with van der Waals surface area (Å²) in [5.74, 6) is 1.10. The zero-order valence-electron chi connectivity index (χ0n) is 14.2. The molecule has 122 valence electrons. The maximum absolute atomic E-state index is 12.9. The molecule has 0 aliphatic carbocycles. The molecule has 3 aliphatic rings. The van der Waals surface area contributed by atoms with Gasteiger partial charge < -0.3 is 4.90 Å². The number of carbonyl (C=O) groups is 1. The van der Waals surface area contributed by atoms with Gasteiger partial charge in [-0.1, -0.05) is 32.0 Å². The number of hydrogen-bond donors (Lipinski definition) is 0. The third-order valence-electron chi connectivity index (χ3n) is 5.56. The first-order valence-electron chi connectivity index (χ1n) is 9.09. The van der Waals surface area contributed by atoms with E-state index < -0.39 is 0 Å². The zero-order valence-corrected chi connectivity index (χ0v) is 14.2. The first-order chi connectivity index (χ1) is 11.1. The zero-order chi connectivity index (χ0) is 16.0. The van der Waals surface area contributed by atoms with Gasteiger partial charge in [0.05, 0.1) is 12.0 Å². The molecule has 1 fully saturated rings. The van der Waals surface area contributed by atoms with Gasteiger partial charge in [0.15, 0.2) is 0 Å². The minimum Gasteiger partial charge on any atom is -0.334 e. The van der Waals surface area contributed by atoms with Crippen LogP contribution in [0.25, 0.3) is 0 Å². The molecule has 1 aromatic rings. The number of rotatable bonds is 2. The average Bonchev–Trinajstić information content (AvgIpc) is 2.54. The van der Waals surface area contributed by atoms with E-state index in [0.29, 0.717) is 11.8 Å². The quantitative estimate of drug-likeness (QED) is 0.822. The molecule has 0 saturated carbocycles. The van der Waals surface area contributed by atoms with E-state index in [9.17, 15) is 4.79 Å². The second-order valence-electron chi connectivity index (χ2n) is 7.70. The van der Waals surface area contributed by atoms with Gasteiger partial charge in [0, 0.05) is 25.2 Å². The molecule has 0 radical (unpaired) electrons. The maximum atomic E-state index is 12.9. The monoisotopic (exact) mass is 310 g/mol. The Morgan fingerprint density at radius 3 is 3.04 bits per heavy atom. The Balaban J connectivity index is 1.66. The van der Waals surface area contributed by atoms with Crippen molar-refractivity contribution in [3.8, 4) is 0 Å². The van der Waals surface area contributed by atoms with E-state index in [0.717, 1.165) is 45.2 Å². The van der Waals surface area contributed by atoms with Crippen LogP contribution in [0.5, 0.6) is 0 Å². The average molecular weight is 310 g/mol. The molecule has 4 rings (SSSR count). The summed E-state index contributed by atoms with van der Waals surface area (Å²) < 4.78 is 0. The number of aliphatic imine (C=N–C) groups is 1. The lowest BCUT2D eigenvalue weighted by Crippen LogP contribution is -2.51. The summed E-state index contributed by atoms with van der Waals surface area (Å²) in [6, 6.07) is 7.15. The third-order valence-corrected chi connectivity index (χ3v) is 5.56. The highest BCUT2D eigenvalue weighted by Gasteiger charge is 2.42. The number of amides is 1. The Bertz CT molecular complexity index is 662. The molecule has 3 aliphatic heterocycles. The van der Waals surface area contributed by atoms with Crippen molar-refractivity contribution in [3.05, 3.63) is 34.9 Å². The van der Waals surface area contributed by atoms with Crippen LogP contribution in [-0.4, -0.2) is 29.6 Å². The topological polar surface area (TPSA) is 32.7 Å². The van der Waals surface area contributed by atoms with Crippen LogP contribution in [0.2, 0.25) is 0 Å². The molecule has 0 N–H and O–H groups in total. The van der Waals surface area contributed by atoms with Crippen LogP contribution >= 0.6 is 0 Å². The SMILES string of the molecule is CC(C)Cc1ccc2c(c1)CCN1C(=O)C3CCCN=C3CC21.